The number of amides is 1. The summed E-state index contributed by atoms with van der Waals surface area (Å²) in [7, 11) is 0. The molecule has 1 atom stereocenters. The number of carbonyl (C=O) groups excluding carboxylic acids is 1. The molecule has 1 aromatic carbocycles. The normalized spacial score (nSPS) is 13.9. The molecule has 20 heavy (non-hydrogen) atoms. The van der Waals surface area contributed by atoms with Gasteiger partial charge in [0.15, 0.2) is 0 Å². The number of carboxylic acid groups (broad SMARTS) is 1. The lowest BCUT2D eigenvalue weighted by Crippen LogP contribution is -2.58. The van der Waals surface area contributed by atoms with Gasteiger partial charge < -0.3 is 10.0 Å². The molecule has 0 fully saturated rings. The van der Waals surface area contributed by atoms with Crippen molar-refractivity contribution in [3.05, 3.63) is 35.6 Å². The van der Waals surface area contributed by atoms with E-state index < -0.39 is 17.3 Å². The van der Waals surface area contributed by atoms with Crippen LogP contribution < -0.4 is 0 Å². The van der Waals surface area contributed by atoms with Crippen LogP contribution >= 0.6 is 0 Å². The molecule has 0 spiro atoms. The van der Waals surface area contributed by atoms with Crippen molar-refractivity contribution in [3.63, 3.8) is 0 Å². The van der Waals surface area contributed by atoms with Crippen molar-refractivity contribution in [2.24, 2.45) is 0 Å². The third-order valence-corrected chi connectivity index (χ3v) is 3.34. The van der Waals surface area contributed by atoms with E-state index in [-0.39, 0.29) is 23.9 Å². The molecule has 0 aliphatic heterocycles. The van der Waals surface area contributed by atoms with Crippen molar-refractivity contribution >= 4 is 11.9 Å². The second-order valence-electron chi connectivity index (χ2n) is 5.33. The van der Waals surface area contributed by atoms with Gasteiger partial charge in [-0.15, -0.1) is 0 Å². The summed E-state index contributed by atoms with van der Waals surface area (Å²) in [5, 5.41) is 9.54. The van der Waals surface area contributed by atoms with Crippen molar-refractivity contribution in [1.82, 2.24) is 4.90 Å². The Labute approximate surface area is 118 Å². The molecule has 0 bridgehead atoms. The SMILES string of the molecule is CC(=O)N(C(C)C)C(C)(Cc1ccccc1F)C(=O)O. The van der Waals surface area contributed by atoms with E-state index in [0.717, 1.165) is 0 Å². The van der Waals surface area contributed by atoms with Crippen molar-refractivity contribution < 1.29 is 19.1 Å². The van der Waals surface area contributed by atoms with Gasteiger partial charge in [-0.25, -0.2) is 9.18 Å². The largest absolute Gasteiger partial charge is 0.479 e. The fraction of sp³-hybridized carbons (Fsp3) is 0.467. The summed E-state index contributed by atoms with van der Waals surface area (Å²) in [5.41, 5.74) is -1.20. The molecule has 1 N–H and O–H groups in total. The molecule has 0 heterocycles. The van der Waals surface area contributed by atoms with E-state index >= 15 is 0 Å². The van der Waals surface area contributed by atoms with Gasteiger partial charge in [0.2, 0.25) is 5.91 Å². The zero-order chi connectivity index (χ0) is 15.5. The van der Waals surface area contributed by atoms with Gasteiger partial charge in [-0.1, -0.05) is 18.2 Å². The lowest BCUT2D eigenvalue weighted by Gasteiger charge is -2.40. The third-order valence-electron chi connectivity index (χ3n) is 3.34. The predicted molar refractivity (Wildman–Crippen MR) is 73.8 cm³/mol. The summed E-state index contributed by atoms with van der Waals surface area (Å²) in [6.45, 7) is 6.25. The van der Waals surface area contributed by atoms with Gasteiger partial charge in [0, 0.05) is 19.4 Å². The molecule has 1 aromatic rings. The van der Waals surface area contributed by atoms with E-state index in [0.29, 0.717) is 0 Å². The van der Waals surface area contributed by atoms with E-state index in [4.69, 9.17) is 0 Å². The Kier molecular flexibility index (Phi) is 4.87. The highest BCUT2D eigenvalue weighted by molar-refractivity contribution is 5.86. The molecule has 1 rings (SSSR count). The van der Waals surface area contributed by atoms with Gasteiger partial charge in [-0.2, -0.15) is 0 Å². The van der Waals surface area contributed by atoms with Crippen LogP contribution in [-0.2, 0) is 16.0 Å². The van der Waals surface area contributed by atoms with E-state index in [1.807, 2.05) is 0 Å². The molecule has 0 radical (unpaired) electrons. The average molecular weight is 281 g/mol. The Hall–Kier alpha value is -1.91. The maximum Gasteiger partial charge on any atom is 0.329 e. The van der Waals surface area contributed by atoms with E-state index in [1.165, 1.54) is 30.9 Å². The number of carboxylic acids is 1. The van der Waals surface area contributed by atoms with Crippen LogP contribution in [0.15, 0.2) is 24.3 Å². The van der Waals surface area contributed by atoms with Crippen LogP contribution in [0.4, 0.5) is 4.39 Å². The number of nitrogens with zero attached hydrogens (tertiary/aromatic N) is 1. The molecule has 0 aliphatic carbocycles. The molecule has 0 aromatic heterocycles. The fourth-order valence-electron chi connectivity index (χ4n) is 2.56. The summed E-state index contributed by atoms with van der Waals surface area (Å²) < 4.78 is 13.8. The molecular weight excluding hydrogens is 261 g/mol. The van der Waals surface area contributed by atoms with Gasteiger partial charge in [0.1, 0.15) is 11.4 Å². The smallest absolute Gasteiger partial charge is 0.329 e. The van der Waals surface area contributed by atoms with Gasteiger partial charge >= 0.3 is 5.97 Å². The minimum absolute atomic E-state index is 0.0766. The first-order valence-electron chi connectivity index (χ1n) is 6.47. The maximum atomic E-state index is 13.8. The number of rotatable bonds is 5. The van der Waals surface area contributed by atoms with E-state index in [1.54, 1.807) is 26.0 Å². The first kappa shape index (κ1) is 16.1. The first-order chi connectivity index (χ1) is 9.20. The summed E-state index contributed by atoms with van der Waals surface area (Å²) in [6.07, 6.45) is -0.0766. The second kappa shape index (κ2) is 6.03. The number of carbonyl (C=O) groups is 2. The Bertz CT molecular complexity index is 516. The minimum Gasteiger partial charge on any atom is -0.479 e. The van der Waals surface area contributed by atoms with Crippen LogP contribution in [0.25, 0.3) is 0 Å². The number of halogens is 1. The minimum atomic E-state index is -1.48. The Morgan fingerprint density at radius 2 is 1.90 bits per heavy atom. The van der Waals surface area contributed by atoms with Crippen molar-refractivity contribution in [1.29, 1.82) is 0 Å². The fourth-order valence-corrected chi connectivity index (χ4v) is 2.56. The molecule has 4 nitrogen and oxygen atoms in total. The highest BCUT2D eigenvalue weighted by Gasteiger charge is 2.43. The molecule has 0 saturated carbocycles. The van der Waals surface area contributed by atoms with E-state index in [2.05, 4.69) is 0 Å². The Morgan fingerprint density at radius 3 is 2.30 bits per heavy atom. The quantitative estimate of drug-likeness (QED) is 0.902. The van der Waals surface area contributed by atoms with Crippen LogP contribution in [0.1, 0.15) is 33.3 Å². The van der Waals surface area contributed by atoms with Crippen LogP contribution in [0.3, 0.4) is 0 Å². The lowest BCUT2D eigenvalue weighted by molar-refractivity contribution is -0.159. The average Bonchev–Trinajstić information content (AvgIpc) is 2.30. The summed E-state index contributed by atoms with van der Waals surface area (Å²) in [5.74, 6) is -1.96. The molecule has 110 valence electrons. The predicted octanol–water partition coefficient (Wildman–Crippen LogP) is 2.47. The molecule has 1 unspecified atom stereocenters. The zero-order valence-corrected chi connectivity index (χ0v) is 12.2. The number of benzene rings is 1. The highest BCUT2D eigenvalue weighted by Crippen LogP contribution is 2.25. The monoisotopic (exact) mass is 281 g/mol. The Balaban J connectivity index is 3.25. The van der Waals surface area contributed by atoms with Crippen LogP contribution in [0.5, 0.6) is 0 Å². The van der Waals surface area contributed by atoms with Crippen molar-refractivity contribution in [2.45, 2.75) is 45.7 Å². The van der Waals surface area contributed by atoms with Gasteiger partial charge in [-0.3, -0.25) is 4.79 Å². The van der Waals surface area contributed by atoms with Gasteiger partial charge in [-0.05, 0) is 32.4 Å². The summed E-state index contributed by atoms with van der Waals surface area (Å²) in [4.78, 5) is 24.7. The zero-order valence-electron chi connectivity index (χ0n) is 12.2. The van der Waals surface area contributed by atoms with Crippen LogP contribution in [0.2, 0.25) is 0 Å². The number of hydrogen-bond donors (Lipinski definition) is 1. The van der Waals surface area contributed by atoms with Crippen LogP contribution in [0, 0.1) is 5.82 Å². The molecule has 1 amide bonds. The number of hydrogen-bond acceptors (Lipinski definition) is 2. The van der Waals surface area contributed by atoms with Gasteiger partial charge in [0.25, 0.3) is 0 Å². The Morgan fingerprint density at radius 1 is 1.35 bits per heavy atom. The molecule has 5 heteroatoms. The van der Waals surface area contributed by atoms with Crippen molar-refractivity contribution in [2.75, 3.05) is 0 Å². The summed E-state index contributed by atoms with van der Waals surface area (Å²) >= 11 is 0. The van der Waals surface area contributed by atoms with E-state index in [9.17, 15) is 19.1 Å². The molecular formula is C15H20FNO3. The maximum absolute atomic E-state index is 13.8. The lowest BCUT2D eigenvalue weighted by atomic mass is 9.89. The topological polar surface area (TPSA) is 57.6 Å². The highest BCUT2D eigenvalue weighted by atomic mass is 19.1. The summed E-state index contributed by atoms with van der Waals surface area (Å²) in [6, 6.07) is 5.72. The number of aliphatic carboxylic acids is 1. The second-order valence-corrected chi connectivity index (χ2v) is 5.33. The van der Waals surface area contributed by atoms with Gasteiger partial charge in [0.05, 0.1) is 0 Å². The third kappa shape index (κ3) is 3.15. The standard InChI is InChI=1S/C15H20FNO3/c1-10(2)17(11(3)18)15(4,14(19)20)9-12-7-5-6-8-13(12)16/h5-8,10H,9H2,1-4H3,(H,19,20). The molecule has 0 aliphatic rings. The first-order valence-corrected chi connectivity index (χ1v) is 6.47. The van der Waals surface area contributed by atoms with Crippen LogP contribution in [-0.4, -0.2) is 33.5 Å². The van der Waals surface area contributed by atoms with Crippen molar-refractivity contribution in [3.8, 4) is 0 Å². The molecule has 0 saturated heterocycles.